The van der Waals surface area contributed by atoms with E-state index in [-0.39, 0.29) is 17.7 Å². The lowest BCUT2D eigenvalue weighted by atomic mass is 10.0. The van der Waals surface area contributed by atoms with Crippen LogP contribution in [-0.4, -0.2) is 55.9 Å². The molecule has 1 aliphatic rings. The molecule has 0 radical (unpaired) electrons. The fourth-order valence-electron chi connectivity index (χ4n) is 3.29. The van der Waals surface area contributed by atoms with Crippen LogP contribution in [-0.2, 0) is 4.74 Å². The number of nitrogens with zero attached hydrogens (tertiary/aromatic N) is 1. The predicted octanol–water partition coefficient (Wildman–Crippen LogP) is 2.51. The molecule has 0 aromatic heterocycles. The van der Waals surface area contributed by atoms with E-state index >= 15 is 0 Å². The number of rotatable bonds is 6. The van der Waals surface area contributed by atoms with Crippen LogP contribution in [0.25, 0.3) is 0 Å². The average Bonchev–Trinajstić information content (AvgIpc) is 2.71. The van der Waals surface area contributed by atoms with Crippen LogP contribution < -0.4 is 10.1 Å². The van der Waals surface area contributed by atoms with Crippen molar-refractivity contribution in [2.24, 2.45) is 0 Å². The Morgan fingerprint density at radius 3 is 2.59 bits per heavy atom. The third-order valence-corrected chi connectivity index (χ3v) is 4.84. The van der Waals surface area contributed by atoms with Crippen molar-refractivity contribution in [3.63, 3.8) is 0 Å². The van der Waals surface area contributed by atoms with Crippen LogP contribution in [0.5, 0.6) is 11.5 Å². The summed E-state index contributed by atoms with van der Waals surface area (Å²) < 4.78 is 10.7. The Balaban J connectivity index is 1.76. The maximum atomic E-state index is 12.6. The van der Waals surface area contributed by atoms with E-state index in [1.54, 1.807) is 25.3 Å². The van der Waals surface area contributed by atoms with Crippen molar-refractivity contribution in [3.8, 4) is 11.5 Å². The third kappa shape index (κ3) is 4.78. The van der Waals surface area contributed by atoms with Crippen LogP contribution in [0.2, 0.25) is 0 Å². The van der Waals surface area contributed by atoms with E-state index in [1.165, 1.54) is 0 Å². The Morgan fingerprint density at radius 1 is 1.22 bits per heavy atom. The summed E-state index contributed by atoms with van der Waals surface area (Å²) in [5, 5.41) is 13.0. The molecule has 0 spiro atoms. The molecule has 0 bridgehead atoms. The summed E-state index contributed by atoms with van der Waals surface area (Å²) in [6.45, 7) is 5.31. The van der Waals surface area contributed by atoms with E-state index < -0.39 is 0 Å². The van der Waals surface area contributed by atoms with Crippen molar-refractivity contribution in [3.05, 3.63) is 59.2 Å². The number of ether oxygens (including phenoxy) is 2. The first kappa shape index (κ1) is 19.2. The lowest BCUT2D eigenvalue weighted by Gasteiger charge is -2.35. The van der Waals surface area contributed by atoms with Crippen molar-refractivity contribution in [1.82, 2.24) is 10.2 Å². The second kappa shape index (κ2) is 8.88. The summed E-state index contributed by atoms with van der Waals surface area (Å²) in [7, 11) is 1.64. The number of methoxy groups -OCH3 is 1. The predicted molar refractivity (Wildman–Crippen MR) is 103 cm³/mol. The summed E-state index contributed by atoms with van der Waals surface area (Å²) in [6.07, 6.45) is 0. The van der Waals surface area contributed by atoms with Crippen LogP contribution in [0, 0.1) is 6.92 Å². The molecular formula is C21H26N2O4. The van der Waals surface area contributed by atoms with Crippen molar-refractivity contribution in [2.45, 2.75) is 13.0 Å². The molecule has 1 amide bonds. The number of hydrogen-bond donors (Lipinski definition) is 2. The van der Waals surface area contributed by atoms with Gasteiger partial charge in [0.05, 0.1) is 31.9 Å². The van der Waals surface area contributed by atoms with Crippen molar-refractivity contribution in [2.75, 3.05) is 40.0 Å². The van der Waals surface area contributed by atoms with E-state index in [0.717, 1.165) is 30.0 Å². The van der Waals surface area contributed by atoms with Crippen LogP contribution in [0.15, 0.2) is 42.5 Å². The van der Waals surface area contributed by atoms with Crippen LogP contribution >= 0.6 is 0 Å². The molecule has 2 aromatic rings. The molecule has 6 nitrogen and oxygen atoms in total. The number of phenolic OH excluding ortho intramolecular Hbond substituents is 1. The molecule has 2 aromatic carbocycles. The normalized spacial score (nSPS) is 15.9. The van der Waals surface area contributed by atoms with Gasteiger partial charge in [0.2, 0.25) is 0 Å². The first-order valence-electron chi connectivity index (χ1n) is 9.12. The topological polar surface area (TPSA) is 71.0 Å². The number of aryl methyl sites for hydroxylation is 1. The lowest BCUT2D eigenvalue weighted by Crippen LogP contribution is -2.43. The maximum Gasteiger partial charge on any atom is 0.255 e. The molecule has 144 valence electrons. The number of phenols is 1. The van der Waals surface area contributed by atoms with Gasteiger partial charge in [-0.2, -0.15) is 0 Å². The Hall–Kier alpha value is -2.57. The highest BCUT2D eigenvalue weighted by Crippen LogP contribution is 2.24. The number of nitrogens with one attached hydrogen (secondary N) is 1. The highest BCUT2D eigenvalue weighted by Gasteiger charge is 2.24. The molecule has 1 aliphatic heterocycles. The van der Waals surface area contributed by atoms with Crippen LogP contribution in [0.4, 0.5) is 0 Å². The molecular weight excluding hydrogens is 344 g/mol. The molecule has 1 saturated heterocycles. The standard InChI is InChI=1S/C21H26N2O4/c1-15-3-8-20(24)18(13-15)21(25)22-14-19(23-9-11-27-12-10-23)16-4-6-17(26-2)7-5-16/h3-8,13,19,24H,9-12,14H2,1-2H3,(H,22,25). The van der Waals surface area contributed by atoms with E-state index in [4.69, 9.17) is 9.47 Å². The first-order valence-corrected chi connectivity index (χ1v) is 9.12. The summed E-state index contributed by atoms with van der Waals surface area (Å²) in [4.78, 5) is 14.9. The van der Waals surface area contributed by atoms with Gasteiger partial charge in [-0.15, -0.1) is 0 Å². The van der Waals surface area contributed by atoms with Gasteiger partial charge >= 0.3 is 0 Å². The smallest absolute Gasteiger partial charge is 0.255 e. The molecule has 1 fully saturated rings. The second-order valence-electron chi connectivity index (χ2n) is 6.67. The number of aromatic hydroxyl groups is 1. The summed E-state index contributed by atoms with van der Waals surface area (Å²) in [6, 6.07) is 12.9. The number of carbonyl (C=O) groups excluding carboxylic acids is 1. The molecule has 0 saturated carbocycles. The summed E-state index contributed by atoms with van der Waals surface area (Å²) in [5.74, 6) is 0.515. The Labute approximate surface area is 159 Å². The van der Waals surface area contributed by atoms with E-state index in [0.29, 0.717) is 25.3 Å². The van der Waals surface area contributed by atoms with E-state index in [1.807, 2.05) is 31.2 Å². The van der Waals surface area contributed by atoms with Gasteiger partial charge in [-0.25, -0.2) is 0 Å². The number of amides is 1. The Bertz CT molecular complexity index is 770. The fourth-order valence-corrected chi connectivity index (χ4v) is 3.29. The minimum Gasteiger partial charge on any atom is -0.507 e. The van der Waals surface area contributed by atoms with Crippen molar-refractivity contribution in [1.29, 1.82) is 0 Å². The van der Waals surface area contributed by atoms with Crippen LogP contribution in [0.3, 0.4) is 0 Å². The Morgan fingerprint density at radius 2 is 1.93 bits per heavy atom. The monoisotopic (exact) mass is 370 g/mol. The molecule has 0 aliphatic carbocycles. The molecule has 3 rings (SSSR count). The molecule has 1 heterocycles. The highest BCUT2D eigenvalue weighted by molar-refractivity contribution is 5.97. The van der Waals surface area contributed by atoms with Gasteiger partial charge in [-0.3, -0.25) is 9.69 Å². The molecule has 1 unspecified atom stereocenters. The quantitative estimate of drug-likeness (QED) is 0.818. The molecule has 2 N–H and O–H groups in total. The highest BCUT2D eigenvalue weighted by atomic mass is 16.5. The van der Waals surface area contributed by atoms with E-state index in [2.05, 4.69) is 10.2 Å². The SMILES string of the molecule is COc1ccc(C(CNC(=O)c2cc(C)ccc2O)N2CCOCC2)cc1. The third-order valence-electron chi connectivity index (χ3n) is 4.84. The van der Waals surface area contributed by atoms with Gasteiger partial charge < -0.3 is 19.9 Å². The summed E-state index contributed by atoms with van der Waals surface area (Å²) >= 11 is 0. The Kier molecular flexibility index (Phi) is 6.32. The van der Waals surface area contributed by atoms with Gasteiger partial charge in [-0.1, -0.05) is 23.8 Å². The molecule has 27 heavy (non-hydrogen) atoms. The average molecular weight is 370 g/mol. The van der Waals surface area contributed by atoms with Gasteiger partial charge in [0.1, 0.15) is 11.5 Å². The van der Waals surface area contributed by atoms with Crippen LogP contribution in [0.1, 0.15) is 27.5 Å². The number of carbonyl (C=O) groups is 1. The van der Waals surface area contributed by atoms with Crippen molar-refractivity contribution >= 4 is 5.91 Å². The lowest BCUT2D eigenvalue weighted by molar-refractivity contribution is 0.0162. The number of benzene rings is 2. The number of morpholine rings is 1. The maximum absolute atomic E-state index is 12.6. The van der Waals surface area contributed by atoms with E-state index in [9.17, 15) is 9.90 Å². The van der Waals surface area contributed by atoms with Gasteiger partial charge in [0, 0.05) is 19.6 Å². The molecule has 1 atom stereocenters. The fraction of sp³-hybridized carbons (Fsp3) is 0.381. The van der Waals surface area contributed by atoms with Gasteiger partial charge in [0.25, 0.3) is 5.91 Å². The molecule has 6 heteroatoms. The largest absolute Gasteiger partial charge is 0.507 e. The van der Waals surface area contributed by atoms with Gasteiger partial charge in [-0.05, 0) is 36.8 Å². The zero-order chi connectivity index (χ0) is 19.2. The zero-order valence-corrected chi connectivity index (χ0v) is 15.8. The minimum absolute atomic E-state index is 0.00882. The minimum atomic E-state index is -0.275. The van der Waals surface area contributed by atoms with Gasteiger partial charge in [0.15, 0.2) is 0 Å². The summed E-state index contributed by atoms with van der Waals surface area (Å²) in [5.41, 5.74) is 2.33. The second-order valence-corrected chi connectivity index (χ2v) is 6.67. The zero-order valence-electron chi connectivity index (χ0n) is 15.8. The van der Waals surface area contributed by atoms with Crippen molar-refractivity contribution < 1.29 is 19.4 Å². The number of hydrogen-bond acceptors (Lipinski definition) is 5. The first-order chi connectivity index (χ1) is 13.1.